The Hall–Kier alpha value is -0.690. The fourth-order valence-corrected chi connectivity index (χ4v) is 3.07. The third-order valence-corrected chi connectivity index (χ3v) is 4.66. The molecule has 0 spiro atoms. The van der Waals surface area contributed by atoms with E-state index in [0.29, 0.717) is 0 Å². The van der Waals surface area contributed by atoms with Gasteiger partial charge >= 0.3 is 0 Å². The maximum absolute atomic E-state index is 5.78. The molecule has 4 nitrogen and oxygen atoms in total. The van der Waals surface area contributed by atoms with Gasteiger partial charge in [0.05, 0.1) is 22.4 Å². The van der Waals surface area contributed by atoms with Crippen LogP contribution in [0.3, 0.4) is 0 Å². The first-order chi connectivity index (χ1) is 9.10. The number of nitrogens with one attached hydrogen (secondary N) is 1. The van der Waals surface area contributed by atoms with E-state index >= 15 is 0 Å². The summed E-state index contributed by atoms with van der Waals surface area (Å²) in [4.78, 5) is 0. The highest BCUT2D eigenvalue weighted by Crippen LogP contribution is 2.32. The van der Waals surface area contributed by atoms with Gasteiger partial charge in [-0.25, -0.2) is 5.43 Å². The molecular formula is C13H16Br2N4. The van der Waals surface area contributed by atoms with Crippen LogP contribution in [0, 0.1) is 6.92 Å². The van der Waals surface area contributed by atoms with Crippen molar-refractivity contribution in [3.63, 3.8) is 0 Å². The van der Waals surface area contributed by atoms with Crippen molar-refractivity contribution in [2.75, 3.05) is 0 Å². The quantitative estimate of drug-likeness (QED) is 0.625. The fraction of sp³-hybridized carbons (Fsp3) is 0.308. The summed E-state index contributed by atoms with van der Waals surface area (Å²) in [5.41, 5.74) is 6.23. The minimum absolute atomic E-state index is 0.102. The van der Waals surface area contributed by atoms with Gasteiger partial charge in [0.1, 0.15) is 0 Å². The molecule has 1 unspecified atom stereocenters. The van der Waals surface area contributed by atoms with E-state index in [2.05, 4.69) is 62.3 Å². The summed E-state index contributed by atoms with van der Waals surface area (Å²) >= 11 is 7.11. The molecule has 2 aromatic rings. The van der Waals surface area contributed by atoms with Gasteiger partial charge in [-0.05, 0) is 47.0 Å². The lowest BCUT2D eigenvalue weighted by atomic mass is 9.99. The van der Waals surface area contributed by atoms with E-state index in [9.17, 15) is 0 Å². The van der Waals surface area contributed by atoms with Crippen LogP contribution in [0.5, 0.6) is 0 Å². The van der Waals surface area contributed by atoms with Crippen molar-refractivity contribution in [1.29, 1.82) is 0 Å². The highest BCUT2D eigenvalue weighted by atomic mass is 79.9. The Bertz CT molecular complexity index is 580. The van der Waals surface area contributed by atoms with Gasteiger partial charge in [-0.1, -0.05) is 28.1 Å². The summed E-state index contributed by atoms with van der Waals surface area (Å²) < 4.78 is 3.97. The van der Waals surface area contributed by atoms with Crippen LogP contribution < -0.4 is 11.3 Å². The van der Waals surface area contributed by atoms with Crippen LogP contribution in [-0.2, 0) is 6.54 Å². The largest absolute Gasteiger partial charge is 0.271 e. The number of hydrazine groups is 1. The van der Waals surface area contributed by atoms with Crippen molar-refractivity contribution >= 4 is 31.9 Å². The Balaban J connectivity index is 2.56. The Morgan fingerprint density at radius 3 is 2.74 bits per heavy atom. The third kappa shape index (κ3) is 2.76. The Kier molecular flexibility index (Phi) is 4.78. The molecular weight excluding hydrogens is 372 g/mol. The smallest absolute Gasteiger partial charge is 0.0892 e. The van der Waals surface area contributed by atoms with Gasteiger partial charge in [0, 0.05) is 11.0 Å². The number of hydrogen-bond acceptors (Lipinski definition) is 3. The van der Waals surface area contributed by atoms with Crippen LogP contribution in [0.25, 0.3) is 0 Å². The molecule has 0 amide bonds. The number of aromatic nitrogens is 2. The molecule has 1 aromatic heterocycles. The molecule has 2 rings (SSSR count). The zero-order chi connectivity index (χ0) is 14.0. The monoisotopic (exact) mass is 386 g/mol. The number of nitrogens with two attached hydrogens (primary N) is 1. The number of benzene rings is 1. The van der Waals surface area contributed by atoms with E-state index < -0.39 is 0 Å². The van der Waals surface area contributed by atoms with E-state index in [1.54, 1.807) is 6.20 Å². The summed E-state index contributed by atoms with van der Waals surface area (Å²) in [6, 6.07) is 6.01. The lowest BCUT2D eigenvalue weighted by Gasteiger charge is -2.21. The predicted molar refractivity (Wildman–Crippen MR) is 83.6 cm³/mol. The Morgan fingerprint density at radius 2 is 2.11 bits per heavy atom. The zero-order valence-corrected chi connectivity index (χ0v) is 14.0. The third-order valence-electron chi connectivity index (χ3n) is 3.19. The first kappa shape index (κ1) is 14.7. The molecule has 0 bridgehead atoms. The van der Waals surface area contributed by atoms with E-state index in [4.69, 9.17) is 5.84 Å². The summed E-state index contributed by atoms with van der Waals surface area (Å²) in [6.07, 6.45) is 1.80. The minimum Gasteiger partial charge on any atom is -0.271 e. The minimum atomic E-state index is -0.102. The van der Waals surface area contributed by atoms with Gasteiger partial charge < -0.3 is 0 Å². The molecule has 0 aliphatic heterocycles. The topological polar surface area (TPSA) is 55.9 Å². The van der Waals surface area contributed by atoms with E-state index in [1.807, 2.05) is 16.8 Å². The maximum Gasteiger partial charge on any atom is 0.0892 e. The van der Waals surface area contributed by atoms with Crippen LogP contribution in [0.2, 0.25) is 0 Å². The van der Waals surface area contributed by atoms with Crippen molar-refractivity contribution < 1.29 is 0 Å². The molecule has 0 fully saturated rings. The summed E-state index contributed by atoms with van der Waals surface area (Å²) in [6.45, 7) is 4.93. The molecule has 1 heterocycles. The van der Waals surface area contributed by atoms with Crippen molar-refractivity contribution in [3.8, 4) is 0 Å². The van der Waals surface area contributed by atoms with E-state index in [-0.39, 0.29) is 6.04 Å². The van der Waals surface area contributed by atoms with Crippen LogP contribution in [-0.4, -0.2) is 9.78 Å². The average Bonchev–Trinajstić information content (AvgIpc) is 2.77. The molecule has 6 heteroatoms. The molecule has 19 heavy (non-hydrogen) atoms. The van der Waals surface area contributed by atoms with Gasteiger partial charge in [0.2, 0.25) is 0 Å². The lowest BCUT2D eigenvalue weighted by molar-refractivity contribution is 0.540. The standard InChI is InChI=1S/C13H16Br2N4/c1-3-19-13(11(15)7-17-19)12(18-16)9-5-4-6-10(14)8(9)2/h4-7,12,18H,3,16H2,1-2H3. The molecule has 1 atom stereocenters. The van der Waals surface area contributed by atoms with E-state index in [1.165, 1.54) is 5.56 Å². The summed E-state index contributed by atoms with van der Waals surface area (Å²) in [5.74, 6) is 5.78. The van der Waals surface area contributed by atoms with Crippen LogP contribution in [0.15, 0.2) is 33.3 Å². The highest BCUT2D eigenvalue weighted by molar-refractivity contribution is 9.10. The Morgan fingerprint density at radius 1 is 1.37 bits per heavy atom. The molecule has 0 saturated carbocycles. The molecule has 1 aromatic carbocycles. The van der Waals surface area contributed by atoms with Crippen LogP contribution in [0.4, 0.5) is 0 Å². The molecule has 0 aliphatic rings. The zero-order valence-electron chi connectivity index (χ0n) is 10.8. The number of rotatable bonds is 4. The SMILES string of the molecule is CCn1ncc(Br)c1C(NN)c1cccc(Br)c1C. The molecule has 0 aliphatic carbocycles. The molecule has 3 N–H and O–H groups in total. The predicted octanol–water partition coefficient (Wildman–Crippen LogP) is 3.29. The van der Waals surface area contributed by atoms with Crippen molar-refractivity contribution in [3.05, 3.63) is 50.2 Å². The average molecular weight is 388 g/mol. The lowest BCUT2D eigenvalue weighted by Crippen LogP contribution is -2.31. The number of aryl methyl sites for hydroxylation is 1. The van der Waals surface area contributed by atoms with Gasteiger partial charge in [-0.2, -0.15) is 5.10 Å². The first-order valence-electron chi connectivity index (χ1n) is 6.02. The van der Waals surface area contributed by atoms with E-state index in [0.717, 1.165) is 26.7 Å². The van der Waals surface area contributed by atoms with Crippen molar-refractivity contribution in [2.24, 2.45) is 5.84 Å². The summed E-state index contributed by atoms with van der Waals surface area (Å²) in [5, 5.41) is 4.34. The summed E-state index contributed by atoms with van der Waals surface area (Å²) in [7, 11) is 0. The first-order valence-corrected chi connectivity index (χ1v) is 7.61. The fourth-order valence-electron chi connectivity index (χ4n) is 2.16. The normalized spacial score (nSPS) is 12.7. The Labute approximate surface area is 129 Å². The number of nitrogens with zero attached hydrogens (tertiary/aromatic N) is 2. The van der Waals surface area contributed by atoms with Crippen LogP contribution in [0.1, 0.15) is 29.8 Å². The van der Waals surface area contributed by atoms with Gasteiger partial charge in [-0.3, -0.25) is 10.5 Å². The van der Waals surface area contributed by atoms with Crippen molar-refractivity contribution in [2.45, 2.75) is 26.4 Å². The highest BCUT2D eigenvalue weighted by Gasteiger charge is 2.22. The van der Waals surface area contributed by atoms with Gasteiger partial charge in [-0.15, -0.1) is 0 Å². The van der Waals surface area contributed by atoms with Crippen LogP contribution >= 0.6 is 31.9 Å². The van der Waals surface area contributed by atoms with Gasteiger partial charge in [0.25, 0.3) is 0 Å². The van der Waals surface area contributed by atoms with Gasteiger partial charge in [0.15, 0.2) is 0 Å². The van der Waals surface area contributed by atoms with Crippen molar-refractivity contribution in [1.82, 2.24) is 15.2 Å². The molecule has 0 radical (unpaired) electrons. The second kappa shape index (κ2) is 6.17. The second-order valence-electron chi connectivity index (χ2n) is 4.25. The number of halogens is 2. The maximum atomic E-state index is 5.78. The number of hydrogen-bond donors (Lipinski definition) is 2. The second-order valence-corrected chi connectivity index (χ2v) is 5.96. The molecule has 102 valence electrons. The molecule has 0 saturated heterocycles.